The van der Waals surface area contributed by atoms with Gasteiger partial charge in [-0.25, -0.2) is 0 Å². The summed E-state index contributed by atoms with van der Waals surface area (Å²) in [6, 6.07) is 11.0. The molecule has 6 heteroatoms. The van der Waals surface area contributed by atoms with E-state index in [0.29, 0.717) is 27.6 Å². The molecule has 4 heterocycles. The molecule has 25 heavy (non-hydrogen) atoms. The summed E-state index contributed by atoms with van der Waals surface area (Å²) in [6.07, 6.45) is 2.34. The minimum Gasteiger partial charge on any atom is -0.504 e. The van der Waals surface area contributed by atoms with E-state index in [0.717, 1.165) is 13.1 Å². The molecule has 0 spiro atoms. The molecule has 0 radical (unpaired) electrons. The summed E-state index contributed by atoms with van der Waals surface area (Å²) in [5, 5.41) is 13.6. The van der Waals surface area contributed by atoms with Crippen molar-refractivity contribution in [3.63, 3.8) is 0 Å². The number of hydrogen-bond donors (Lipinski definition) is 2. The molecule has 2 aromatic rings. The van der Waals surface area contributed by atoms with E-state index < -0.39 is 0 Å². The molecular formula is C19H22N2O3S. The number of hydrogen-bond acceptors (Lipinski definition) is 5. The van der Waals surface area contributed by atoms with E-state index in [4.69, 9.17) is 4.74 Å². The largest absolute Gasteiger partial charge is 0.504 e. The number of carbonyl (C=O) groups is 1. The van der Waals surface area contributed by atoms with Gasteiger partial charge in [0.15, 0.2) is 16.6 Å². The number of fused-ring (bicyclic) bond motifs is 3. The average Bonchev–Trinajstić information content (AvgIpc) is 3.09. The molecule has 1 amide bonds. The van der Waals surface area contributed by atoms with Gasteiger partial charge in [0, 0.05) is 12.1 Å². The Morgan fingerprint density at radius 3 is 2.72 bits per heavy atom. The van der Waals surface area contributed by atoms with Crippen molar-refractivity contribution in [3.05, 3.63) is 41.3 Å². The van der Waals surface area contributed by atoms with Crippen LogP contribution in [0.5, 0.6) is 16.6 Å². The second kappa shape index (κ2) is 6.69. The minimum absolute atomic E-state index is 0.0391. The van der Waals surface area contributed by atoms with Gasteiger partial charge in [-0.3, -0.25) is 9.69 Å². The van der Waals surface area contributed by atoms with Gasteiger partial charge in [-0.05, 0) is 63.0 Å². The molecule has 3 fully saturated rings. The molecule has 1 aromatic carbocycles. The van der Waals surface area contributed by atoms with Crippen LogP contribution in [0, 0.1) is 5.92 Å². The predicted octanol–water partition coefficient (Wildman–Crippen LogP) is 3.46. The van der Waals surface area contributed by atoms with Gasteiger partial charge in [-0.1, -0.05) is 23.5 Å². The zero-order valence-corrected chi connectivity index (χ0v) is 15.0. The third-order valence-electron chi connectivity index (χ3n) is 5.36. The number of benzene rings is 1. The Balaban J connectivity index is 1.43. The second-order valence-corrected chi connectivity index (χ2v) is 7.85. The lowest BCUT2D eigenvalue weighted by Gasteiger charge is -2.49. The number of para-hydroxylation sites is 2. The van der Waals surface area contributed by atoms with Crippen LogP contribution in [-0.4, -0.2) is 41.1 Å². The molecule has 1 aromatic heterocycles. The monoisotopic (exact) mass is 358 g/mol. The van der Waals surface area contributed by atoms with Crippen molar-refractivity contribution in [2.45, 2.75) is 31.8 Å². The number of nitrogens with one attached hydrogen (secondary N) is 1. The summed E-state index contributed by atoms with van der Waals surface area (Å²) in [5.41, 5.74) is 0. The van der Waals surface area contributed by atoms with E-state index in [9.17, 15) is 9.90 Å². The molecule has 2 atom stereocenters. The van der Waals surface area contributed by atoms with Crippen molar-refractivity contribution >= 4 is 17.2 Å². The Kier molecular flexibility index (Phi) is 4.39. The maximum Gasteiger partial charge on any atom is 0.261 e. The van der Waals surface area contributed by atoms with Crippen LogP contribution in [0.15, 0.2) is 36.4 Å². The maximum absolute atomic E-state index is 12.6. The quantitative estimate of drug-likeness (QED) is 0.879. The molecule has 0 saturated carbocycles. The number of thiophene rings is 1. The van der Waals surface area contributed by atoms with Crippen LogP contribution < -0.4 is 10.1 Å². The maximum atomic E-state index is 12.6. The van der Waals surface area contributed by atoms with Gasteiger partial charge in [0.1, 0.15) is 0 Å². The number of amides is 1. The third kappa shape index (κ3) is 3.24. The SMILES string of the molecule is CC1C(NC(=O)c2ccc(Oc3ccccc3O)s2)C2CCN1CC2. The fourth-order valence-corrected chi connectivity index (χ4v) is 4.69. The highest BCUT2D eigenvalue weighted by atomic mass is 32.1. The first-order chi connectivity index (χ1) is 12.1. The Hall–Kier alpha value is -2.05. The van der Waals surface area contributed by atoms with Gasteiger partial charge in [0.25, 0.3) is 5.91 Å². The summed E-state index contributed by atoms with van der Waals surface area (Å²) < 4.78 is 5.68. The topological polar surface area (TPSA) is 61.8 Å². The van der Waals surface area contributed by atoms with Crippen LogP contribution in [0.25, 0.3) is 0 Å². The lowest BCUT2D eigenvalue weighted by molar-refractivity contribution is 0.0218. The molecule has 2 unspecified atom stereocenters. The van der Waals surface area contributed by atoms with E-state index in [2.05, 4.69) is 17.1 Å². The molecule has 132 valence electrons. The average molecular weight is 358 g/mol. The summed E-state index contributed by atoms with van der Waals surface area (Å²) in [4.78, 5) is 15.7. The number of piperidine rings is 3. The summed E-state index contributed by atoms with van der Waals surface area (Å²) in [5.74, 6) is 1.02. The first-order valence-corrected chi connectivity index (χ1v) is 9.54. The van der Waals surface area contributed by atoms with Crippen LogP contribution in [0.1, 0.15) is 29.4 Å². The van der Waals surface area contributed by atoms with Crippen LogP contribution in [0.2, 0.25) is 0 Å². The number of rotatable bonds is 4. The van der Waals surface area contributed by atoms with E-state index >= 15 is 0 Å². The van der Waals surface area contributed by atoms with E-state index in [-0.39, 0.29) is 17.7 Å². The number of phenolic OH excluding ortho intramolecular Hbond substituents is 1. The van der Waals surface area contributed by atoms with Crippen molar-refractivity contribution in [2.75, 3.05) is 13.1 Å². The predicted molar refractivity (Wildman–Crippen MR) is 97.5 cm³/mol. The number of nitrogens with zero attached hydrogens (tertiary/aromatic N) is 1. The zero-order valence-electron chi connectivity index (χ0n) is 14.1. The standard InChI is InChI=1S/C19H22N2O3S/c1-12-18(13-8-10-21(12)11-9-13)20-19(23)16-6-7-17(25-16)24-15-5-3-2-4-14(15)22/h2-7,12-13,18,22H,8-11H2,1H3,(H,20,23). The Morgan fingerprint density at radius 1 is 1.24 bits per heavy atom. The number of carbonyl (C=O) groups excluding carboxylic acids is 1. The molecule has 3 saturated heterocycles. The first-order valence-electron chi connectivity index (χ1n) is 8.72. The van der Waals surface area contributed by atoms with Crippen LogP contribution in [0.3, 0.4) is 0 Å². The lowest BCUT2D eigenvalue weighted by atomic mass is 9.79. The van der Waals surface area contributed by atoms with Gasteiger partial charge in [0.05, 0.1) is 4.88 Å². The van der Waals surface area contributed by atoms with Gasteiger partial charge >= 0.3 is 0 Å². The van der Waals surface area contributed by atoms with E-state index in [1.54, 1.807) is 36.4 Å². The smallest absolute Gasteiger partial charge is 0.261 e. The van der Waals surface area contributed by atoms with Crippen molar-refractivity contribution in [1.82, 2.24) is 10.2 Å². The minimum atomic E-state index is -0.0391. The molecule has 3 aliphatic rings. The molecule has 2 N–H and O–H groups in total. The van der Waals surface area contributed by atoms with Crippen LogP contribution >= 0.6 is 11.3 Å². The molecule has 2 bridgehead atoms. The summed E-state index contributed by atoms with van der Waals surface area (Å²) in [7, 11) is 0. The fourth-order valence-electron chi connectivity index (χ4n) is 3.92. The lowest BCUT2D eigenvalue weighted by Crippen LogP contribution is -2.62. The van der Waals surface area contributed by atoms with Crippen molar-refractivity contribution in [1.29, 1.82) is 0 Å². The fraction of sp³-hybridized carbons (Fsp3) is 0.421. The Morgan fingerprint density at radius 2 is 2.00 bits per heavy atom. The molecule has 0 aliphatic carbocycles. The molecule has 3 aliphatic heterocycles. The third-order valence-corrected chi connectivity index (χ3v) is 6.32. The number of phenols is 1. The van der Waals surface area contributed by atoms with E-state index in [1.807, 2.05) is 0 Å². The summed E-state index contributed by atoms with van der Waals surface area (Å²) in [6.45, 7) is 4.50. The second-order valence-electron chi connectivity index (χ2n) is 6.80. The van der Waals surface area contributed by atoms with Gasteiger partial charge in [-0.2, -0.15) is 0 Å². The highest BCUT2D eigenvalue weighted by molar-refractivity contribution is 7.15. The van der Waals surface area contributed by atoms with Crippen molar-refractivity contribution < 1.29 is 14.6 Å². The zero-order chi connectivity index (χ0) is 17.4. The van der Waals surface area contributed by atoms with Gasteiger partial charge < -0.3 is 15.2 Å². The summed E-state index contributed by atoms with van der Waals surface area (Å²) >= 11 is 1.30. The van der Waals surface area contributed by atoms with Crippen molar-refractivity contribution in [3.8, 4) is 16.6 Å². The normalized spacial score (nSPS) is 27.9. The Labute approximate surface area is 151 Å². The number of ether oxygens (including phenoxy) is 1. The van der Waals surface area contributed by atoms with Crippen LogP contribution in [0.4, 0.5) is 0 Å². The van der Waals surface area contributed by atoms with Crippen molar-refractivity contribution in [2.24, 2.45) is 5.92 Å². The molecular weight excluding hydrogens is 336 g/mol. The molecule has 5 rings (SSSR count). The van der Waals surface area contributed by atoms with Gasteiger partial charge in [-0.15, -0.1) is 0 Å². The molecule has 5 nitrogen and oxygen atoms in total. The highest BCUT2D eigenvalue weighted by Crippen LogP contribution is 2.35. The number of aromatic hydroxyl groups is 1. The van der Waals surface area contributed by atoms with Gasteiger partial charge in [0.2, 0.25) is 0 Å². The van der Waals surface area contributed by atoms with E-state index in [1.165, 1.54) is 24.2 Å². The highest BCUT2D eigenvalue weighted by Gasteiger charge is 2.40. The van der Waals surface area contributed by atoms with Crippen LogP contribution in [-0.2, 0) is 0 Å². The Bertz CT molecular complexity index is 766. The first kappa shape index (κ1) is 16.4.